The van der Waals surface area contributed by atoms with Gasteiger partial charge < -0.3 is 14.6 Å². The highest BCUT2D eigenvalue weighted by atomic mass is 16.5. The van der Waals surface area contributed by atoms with E-state index in [0.29, 0.717) is 0 Å². The SMILES string of the molecule is Cn1ccnc1[C@@H]1OCCC[C@H]1NC(=O)C1CCC2CCCCC2C1. The minimum absolute atomic E-state index is 0.0476. The number of fused-ring (bicyclic) bond motifs is 1. The summed E-state index contributed by atoms with van der Waals surface area (Å²) in [7, 11) is 1.99. The van der Waals surface area contributed by atoms with Crippen LogP contribution >= 0.6 is 0 Å². The molecule has 1 N–H and O–H groups in total. The van der Waals surface area contributed by atoms with E-state index in [2.05, 4.69) is 10.3 Å². The lowest BCUT2D eigenvalue weighted by Crippen LogP contribution is -2.47. The smallest absolute Gasteiger partial charge is 0.223 e. The molecule has 1 aromatic rings. The molecule has 0 aromatic carbocycles. The molecule has 25 heavy (non-hydrogen) atoms. The second-order valence-electron chi connectivity index (χ2n) is 8.26. The predicted molar refractivity (Wildman–Crippen MR) is 95.9 cm³/mol. The van der Waals surface area contributed by atoms with Gasteiger partial charge >= 0.3 is 0 Å². The van der Waals surface area contributed by atoms with Crippen LogP contribution in [0.15, 0.2) is 12.4 Å². The van der Waals surface area contributed by atoms with Crippen LogP contribution in [-0.2, 0) is 16.6 Å². The Kier molecular flexibility index (Phi) is 5.11. The molecule has 5 atom stereocenters. The first-order valence-electron chi connectivity index (χ1n) is 10.1. The first-order chi connectivity index (χ1) is 12.2. The number of nitrogens with one attached hydrogen (secondary N) is 1. The van der Waals surface area contributed by atoms with Crippen molar-refractivity contribution in [1.82, 2.24) is 14.9 Å². The summed E-state index contributed by atoms with van der Waals surface area (Å²) in [4.78, 5) is 17.4. The Balaban J connectivity index is 1.40. The molecule has 3 unspecified atom stereocenters. The van der Waals surface area contributed by atoms with Crippen LogP contribution in [0.1, 0.15) is 69.7 Å². The van der Waals surface area contributed by atoms with E-state index < -0.39 is 0 Å². The van der Waals surface area contributed by atoms with Gasteiger partial charge in [0.15, 0.2) is 0 Å². The van der Waals surface area contributed by atoms with Crippen molar-refractivity contribution in [3.8, 4) is 0 Å². The monoisotopic (exact) mass is 345 g/mol. The Morgan fingerprint density at radius 2 is 2.00 bits per heavy atom. The summed E-state index contributed by atoms with van der Waals surface area (Å²) in [6, 6.07) is 0.0476. The maximum absolute atomic E-state index is 12.9. The summed E-state index contributed by atoms with van der Waals surface area (Å²) in [5, 5.41) is 3.33. The van der Waals surface area contributed by atoms with Crippen LogP contribution in [0.4, 0.5) is 0 Å². The largest absolute Gasteiger partial charge is 0.368 e. The average Bonchev–Trinajstić information content (AvgIpc) is 3.07. The highest BCUT2D eigenvalue weighted by Gasteiger charge is 2.37. The summed E-state index contributed by atoms with van der Waals surface area (Å²) in [5.74, 6) is 3.03. The lowest BCUT2D eigenvalue weighted by atomic mass is 9.67. The van der Waals surface area contributed by atoms with E-state index in [1.807, 2.05) is 17.8 Å². The third-order valence-corrected chi connectivity index (χ3v) is 6.67. The van der Waals surface area contributed by atoms with Gasteiger partial charge in [0.1, 0.15) is 11.9 Å². The molecule has 0 bridgehead atoms. The van der Waals surface area contributed by atoms with Gasteiger partial charge in [-0.3, -0.25) is 4.79 Å². The van der Waals surface area contributed by atoms with Crippen molar-refractivity contribution in [1.29, 1.82) is 0 Å². The Morgan fingerprint density at radius 1 is 1.16 bits per heavy atom. The minimum atomic E-state index is -0.122. The number of hydrogen-bond donors (Lipinski definition) is 1. The van der Waals surface area contributed by atoms with Crippen LogP contribution < -0.4 is 5.32 Å². The standard InChI is InChI=1S/C20H31N3O2/c1-23-11-10-21-19(23)18-17(7-4-12-25-18)22-20(24)16-9-8-14-5-2-3-6-15(14)13-16/h10-11,14-18H,2-9,12-13H2,1H3,(H,22,24)/t14?,15?,16?,17-,18-/m1/s1. The van der Waals surface area contributed by atoms with Crippen LogP contribution in [0.5, 0.6) is 0 Å². The third-order valence-electron chi connectivity index (χ3n) is 6.67. The van der Waals surface area contributed by atoms with Crippen molar-refractivity contribution < 1.29 is 9.53 Å². The van der Waals surface area contributed by atoms with E-state index in [0.717, 1.165) is 50.0 Å². The number of ether oxygens (including phenoxy) is 1. The van der Waals surface area contributed by atoms with Crippen molar-refractivity contribution >= 4 is 5.91 Å². The normalized spacial score (nSPS) is 35.8. The molecule has 4 rings (SSSR count). The molecule has 3 aliphatic rings. The van der Waals surface area contributed by atoms with E-state index in [-0.39, 0.29) is 24.0 Å². The number of amides is 1. The Morgan fingerprint density at radius 3 is 2.80 bits per heavy atom. The lowest BCUT2D eigenvalue weighted by molar-refractivity contribution is -0.130. The third kappa shape index (κ3) is 3.62. The molecule has 1 amide bonds. The van der Waals surface area contributed by atoms with Crippen LogP contribution in [-0.4, -0.2) is 28.1 Å². The average molecular weight is 345 g/mol. The lowest BCUT2D eigenvalue weighted by Gasteiger charge is -2.39. The molecule has 1 aliphatic heterocycles. The van der Waals surface area contributed by atoms with E-state index in [4.69, 9.17) is 4.74 Å². The zero-order chi connectivity index (χ0) is 17.2. The topological polar surface area (TPSA) is 56.1 Å². The number of rotatable bonds is 3. The molecule has 3 fully saturated rings. The molecule has 5 heteroatoms. The fourth-order valence-electron chi connectivity index (χ4n) is 5.25. The van der Waals surface area contributed by atoms with Crippen molar-refractivity contribution in [3.63, 3.8) is 0 Å². The van der Waals surface area contributed by atoms with E-state index in [1.54, 1.807) is 6.20 Å². The molecule has 2 aliphatic carbocycles. The summed E-state index contributed by atoms with van der Waals surface area (Å²) in [6.07, 6.45) is 14.5. The zero-order valence-corrected chi connectivity index (χ0v) is 15.3. The maximum atomic E-state index is 12.9. The number of carbonyl (C=O) groups is 1. The van der Waals surface area contributed by atoms with Gasteiger partial charge in [-0.1, -0.05) is 25.7 Å². The summed E-state index contributed by atoms with van der Waals surface area (Å²) in [6.45, 7) is 0.747. The minimum Gasteiger partial charge on any atom is -0.368 e. The van der Waals surface area contributed by atoms with E-state index in [1.165, 1.54) is 32.1 Å². The number of imidazole rings is 1. The Bertz CT molecular complexity index is 600. The molecule has 2 saturated carbocycles. The fraction of sp³-hybridized carbons (Fsp3) is 0.800. The first kappa shape index (κ1) is 17.1. The van der Waals surface area contributed by atoms with Gasteiger partial charge in [-0.15, -0.1) is 0 Å². The molecule has 1 aromatic heterocycles. The summed E-state index contributed by atoms with van der Waals surface area (Å²) >= 11 is 0. The molecule has 0 spiro atoms. The first-order valence-corrected chi connectivity index (χ1v) is 10.1. The molecule has 138 valence electrons. The number of aromatic nitrogens is 2. The fourth-order valence-corrected chi connectivity index (χ4v) is 5.25. The van der Waals surface area contributed by atoms with Gasteiger partial charge in [0.2, 0.25) is 5.91 Å². The van der Waals surface area contributed by atoms with Crippen molar-refractivity contribution in [3.05, 3.63) is 18.2 Å². The van der Waals surface area contributed by atoms with Crippen LogP contribution in [0.3, 0.4) is 0 Å². The molecule has 0 radical (unpaired) electrons. The number of carbonyl (C=O) groups excluding carboxylic acids is 1. The van der Waals surface area contributed by atoms with Gasteiger partial charge in [0, 0.05) is 32.0 Å². The summed E-state index contributed by atoms with van der Waals surface area (Å²) in [5.41, 5.74) is 0. The van der Waals surface area contributed by atoms with Gasteiger partial charge in [0.05, 0.1) is 6.04 Å². The van der Waals surface area contributed by atoms with Gasteiger partial charge in [-0.05, 0) is 43.9 Å². The molecule has 2 heterocycles. The molecule has 5 nitrogen and oxygen atoms in total. The van der Waals surface area contributed by atoms with Gasteiger partial charge in [-0.2, -0.15) is 0 Å². The van der Waals surface area contributed by atoms with E-state index >= 15 is 0 Å². The predicted octanol–water partition coefficient (Wildman–Crippen LogP) is 3.36. The highest BCUT2D eigenvalue weighted by molar-refractivity contribution is 5.79. The highest BCUT2D eigenvalue weighted by Crippen LogP contribution is 2.42. The number of hydrogen-bond acceptors (Lipinski definition) is 3. The van der Waals surface area contributed by atoms with Crippen LogP contribution in [0.2, 0.25) is 0 Å². The zero-order valence-electron chi connectivity index (χ0n) is 15.3. The Labute approximate surface area is 150 Å². The maximum Gasteiger partial charge on any atom is 0.223 e. The molecular formula is C20H31N3O2. The van der Waals surface area contributed by atoms with E-state index in [9.17, 15) is 4.79 Å². The molecule has 1 saturated heterocycles. The second-order valence-corrected chi connectivity index (χ2v) is 8.26. The van der Waals surface area contributed by atoms with Crippen LogP contribution in [0.25, 0.3) is 0 Å². The van der Waals surface area contributed by atoms with Crippen molar-refractivity contribution in [2.24, 2.45) is 24.8 Å². The van der Waals surface area contributed by atoms with Crippen molar-refractivity contribution in [2.75, 3.05) is 6.61 Å². The van der Waals surface area contributed by atoms with Crippen LogP contribution in [0, 0.1) is 17.8 Å². The van der Waals surface area contributed by atoms with Gasteiger partial charge in [0.25, 0.3) is 0 Å². The second kappa shape index (κ2) is 7.48. The molecular weight excluding hydrogens is 314 g/mol. The Hall–Kier alpha value is -1.36. The quantitative estimate of drug-likeness (QED) is 0.914. The number of nitrogens with zero attached hydrogens (tertiary/aromatic N) is 2. The van der Waals surface area contributed by atoms with Crippen molar-refractivity contribution in [2.45, 2.75) is 69.9 Å². The number of aryl methyl sites for hydroxylation is 1. The van der Waals surface area contributed by atoms with Gasteiger partial charge in [-0.25, -0.2) is 4.98 Å². The summed E-state index contributed by atoms with van der Waals surface area (Å²) < 4.78 is 7.99.